The van der Waals surface area contributed by atoms with Gasteiger partial charge in [-0.2, -0.15) is 13.2 Å². The van der Waals surface area contributed by atoms with E-state index in [1.165, 1.54) is 19.2 Å². The lowest BCUT2D eigenvalue weighted by molar-refractivity contribution is -0.258. The van der Waals surface area contributed by atoms with Crippen molar-refractivity contribution in [3.05, 3.63) is 28.8 Å². The van der Waals surface area contributed by atoms with Gasteiger partial charge in [-0.15, -0.1) is 0 Å². The summed E-state index contributed by atoms with van der Waals surface area (Å²) >= 11 is 0. The zero-order valence-electron chi connectivity index (χ0n) is 10.1. The van der Waals surface area contributed by atoms with Gasteiger partial charge < -0.3 is 9.84 Å². The first-order chi connectivity index (χ1) is 7.61. The van der Waals surface area contributed by atoms with E-state index in [9.17, 15) is 18.3 Å². The summed E-state index contributed by atoms with van der Waals surface area (Å²) in [6.45, 7) is 4.03. The molecule has 0 aliphatic rings. The van der Waals surface area contributed by atoms with E-state index >= 15 is 0 Å². The molecule has 0 saturated carbocycles. The molecule has 2 nitrogen and oxygen atoms in total. The van der Waals surface area contributed by atoms with E-state index in [0.717, 1.165) is 6.92 Å². The van der Waals surface area contributed by atoms with Gasteiger partial charge in [-0.05, 0) is 49.6 Å². The van der Waals surface area contributed by atoms with Crippen LogP contribution in [0.5, 0.6) is 5.75 Å². The lowest BCUT2D eigenvalue weighted by Gasteiger charge is -2.27. The standard InChI is InChI=1S/C12H15F3O2/c1-7-5-9(6-8(2)10(7)17-4)11(3,16)12(13,14)15/h5-6,16H,1-4H3. The van der Waals surface area contributed by atoms with Crippen LogP contribution in [-0.4, -0.2) is 18.4 Å². The second-order valence-electron chi connectivity index (χ2n) is 4.21. The summed E-state index contributed by atoms with van der Waals surface area (Å²) in [5.41, 5.74) is -1.91. The number of aryl methyl sites for hydroxylation is 2. The zero-order chi connectivity index (χ0) is 13.4. The summed E-state index contributed by atoms with van der Waals surface area (Å²) in [5.74, 6) is 0.534. The van der Waals surface area contributed by atoms with E-state index in [1.807, 2.05) is 0 Å². The Morgan fingerprint density at radius 2 is 1.53 bits per heavy atom. The first-order valence-corrected chi connectivity index (χ1v) is 5.06. The number of halogens is 3. The Balaban J connectivity index is 3.35. The summed E-state index contributed by atoms with van der Waals surface area (Å²) in [4.78, 5) is 0. The highest BCUT2D eigenvalue weighted by Gasteiger charge is 2.51. The van der Waals surface area contributed by atoms with E-state index < -0.39 is 11.8 Å². The number of benzene rings is 1. The zero-order valence-corrected chi connectivity index (χ0v) is 10.1. The molecule has 17 heavy (non-hydrogen) atoms. The Morgan fingerprint density at radius 3 is 1.82 bits per heavy atom. The summed E-state index contributed by atoms with van der Waals surface area (Å²) in [6, 6.07) is 2.58. The normalized spacial score (nSPS) is 15.5. The Morgan fingerprint density at radius 1 is 1.12 bits per heavy atom. The molecular formula is C12H15F3O2. The van der Waals surface area contributed by atoms with Gasteiger partial charge in [-0.3, -0.25) is 0 Å². The molecule has 5 heteroatoms. The summed E-state index contributed by atoms with van der Waals surface area (Å²) in [7, 11) is 1.46. The largest absolute Gasteiger partial charge is 0.496 e. The molecule has 1 N–H and O–H groups in total. The molecule has 1 unspecified atom stereocenters. The summed E-state index contributed by atoms with van der Waals surface area (Å²) in [5, 5.41) is 9.57. The van der Waals surface area contributed by atoms with E-state index in [2.05, 4.69) is 0 Å². The Hall–Kier alpha value is -1.23. The molecule has 0 aliphatic carbocycles. The van der Waals surface area contributed by atoms with Crippen LogP contribution in [0.25, 0.3) is 0 Å². The number of ether oxygens (including phenoxy) is 1. The van der Waals surface area contributed by atoms with Gasteiger partial charge >= 0.3 is 6.18 Å². The molecule has 0 amide bonds. The van der Waals surface area contributed by atoms with Crippen LogP contribution in [0, 0.1) is 13.8 Å². The van der Waals surface area contributed by atoms with Crippen LogP contribution in [0.2, 0.25) is 0 Å². The monoisotopic (exact) mass is 248 g/mol. The quantitative estimate of drug-likeness (QED) is 0.871. The fourth-order valence-electron chi connectivity index (χ4n) is 1.72. The minimum atomic E-state index is -4.71. The number of hydrogen-bond acceptors (Lipinski definition) is 2. The highest BCUT2D eigenvalue weighted by molar-refractivity contribution is 5.45. The Kier molecular flexibility index (Phi) is 3.43. The minimum absolute atomic E-state index is 0.180. The van der Waals surface area contributed by atoms with Gasteiger partial charge in [0.25, 0.3) is 0 Å². The average molecular weight is 248 g/mol. The summed E-state index contributed by atoms with van der Waals surface area (Å²) in [6.07, 6.45) is -4.71. The van der Waals surface area contributed by atoms with Crippen LogP contribution in [-0.2, 0) is 5.60 Å². The maximum absolute atomic E-state index is 12.7. The van der Waals surface area contributed by atoms with Crippen LogP contribution in [0.15, 0.2) is 12.1 Å². The van der Waals surface area contributed by atoms with Crippen LogP contribution >= 0.6 is 0 Å². The Labute approximate surface area is 98.0 Å². The van der Waals surface area contributed by atoms with Gasteiger partial charge in [0.15, 0.2) is 5.60 Å². The number of aliphatic hydroxyl groups is 1. The fraction of sp³-hybridized carbons (Fsp3) is 0.500. The number of methoxy groups -OCH3 is 1. The predicted molar refractivity (Wildman–Crippen MR) is 58.1 cm³/mol. The van der Waals surface area contributed by atoms with E-state index in [-0.39, 0.29) is 5.56 Å². The lowest BCUT2D eigenvalue weighted by atomic mass is 9.92. The molecule has 0 aromatic heterocycles. The summed E-state index contributed by atoms with van der Waals surface area (Å²) < 4.78 is 43.1. The SMILES string of the molecule is COc1c(C)cc(C(C)(O)C(F)(F)F)cc1C. The maximum atomic E-state index is 12.7. The fourth-order valence-corrected chi connectivity index (χ4v) is 1.72. The predicted octanol–water partition coefficient (Wildman–Crippen LogP) is 3.08. The van der Waals surface area contributed by atoms with Crippen LogP contribution < -0.4 is 4.74 Å². The van der Waals surface area contributed by atoms with E-state index in [1.54, 1.807) is 13.8 Å². The van der Waals surface area contributed by atoms with Crippen molar-refractivity contribution in [2.24, 2.45) is 0 Å². The van der Waals surface area contributed by atoms with Crippen molar-refractivity contribution >= 4 is 0 Å². The Bertz CT molecular complexity index is 399. The first-order valence-electron chi connectivity index (χ1n) is 5.06. The van der Waals surface area contributed by atoms with Gasteiger partial charge in [0.1, 0.15) is 5.75 Å². The average Bonchev–Trinajstić information content (AvgIpc) is 2.15. The van der Waals surface area contributed by atoms with Gasteiger partial charge in [-0.1, -0.05) is 0 Å². The molecule has 0 radical (unpaired) electrons. The van der Waals surface area contributed by atoms with Crippen molar-refractivity contribution in [3.8, 4) is 5.75 Å². The first kappa shape index (κ1) is 13.8. The van der Waals surface area contributed by atoms with E-state index in [0.29, 0.717) is 16.9 Å². The van der Waals surface area contributed by atoms with Crippen molar-refractivity contribution in [1.82, 2.24) is 0 Å². The van der Waals surface area contributed by atoms with Gasteiger partial charge in [0.05, 0.1) is 7.11 Å². The molecule has 0 heterocycles. The second-order valence-corrected chi connectivity index (χ2v) is 4.21. The molecule has 1 atom stereocenters. The molecule has 96 valence electrons. The minimum Gasteiger partial charge on any atom is -0.496 e. The highest BCUT2D eigenvalue weighted by Crippen LogP contribution is 2.40. The molecule has 1 rings (SSSR count). The number of hydrogen-bond donors (Lipinski definition) is 1. The third-order valence-corrected chi connectivity index (χ3v) is 2.78. The molecule has 0 fully saturated rings. The molecular weight excluding hydrogens is 233 g/mol. The smallest absolute Gasteiger partial charge is 0.421 e. The molecule has 0 aliphatic heterocycles. The van der Waals surface area contributed by atoms with Gasteiger partial charge in [0.2, 0.25) is 0 Å². The van der Waals surface area contributed by atoms with Crippen LogP contribution in [0.1, 0.15) is 23.6 Å². The van der Waals surface area contributed by atoms with Crippen molar-refractivity contribution in [2.45, 2.75) is 32.5 Å². The molecule has 1 aromatic rings. The van der Waals surface area contributed by atoms with Gasteiger partial charge in [-0.25, -0.2) is 0 Å². The lowest BCUT2D eigenvalue weighted by Crippen LogP contribution is -2.39. The topological polar surface area (TPSA) is 29.5 Å². The molecule has 0 saturated heterocycles. The van der Waals surface area contributed by atoms with Gasteiger partial charge in [0, 0.05) is 0 Å². The van der Waals surface area contributed by atoms with Crippen molar-refractivity contribution in [2.75, 3.05) is 7.11 Å². The molecule has 0 bridgehead atoms. The second kappa shape index (κ2) is 4.22. The van der Waals surface area contributed by atoms with E-state index in [4.69, 9.17) is 4.74 Å². The number of alkyl halides is 3. The molecule has 1 aromatic carbocycles. The maximum Gasteiger partial charge on any atom is 0.421 e. The van der Waals surface area contributed by atoms with Crippen LogP contribution in [0.4, 0.5) is 13.2 Å². The third kappa shape index (κ3) is 2.39. The van der Waals surface area contributed by atoms with Crippen LogP contribution in [0.3, 0.4) is 0 Å². The van der Waals surface area contributed by atoms with Crippen molar-refractivity contribution < 1.29 is 23.0 Å². The number of rotatable bonds is 2. The van der Waals surface area contributed by atoms with Crippen molar-refractivity contribution in [1.29, 1.82) is 0 Å². The third-order valence-electron chi connectivity index (χ3n) is 2.78. The molecule has 0 spiro atoms. The highest BCUT2D eigenvalue weighted by atomic mass is 19.4. The van der Waals surface area contributed by atoms with Crippen molar-refractivity contribution in [3.63, 3.8) is 0 Å².